The molecule has 0 aromatic heterocycles. The third kappa shape index (κ3) is 4.93. The van der Waals surface area contributed by atoms with E-state index in [2.05, 4.69) is 0 Å². The molecule has 0 aromatic carbocycles. The van der Waals surface area contributed by atoms with Crippen LogP contribution in [0.2, 0.25) is 0 Å². The van der Waals surface area contributed by atoms with E-state index < -0.39 is 30.1 Å². The van der Waals surface area contributed by atoms with Gasteiger partial charge in [0, 0.05) is 12.5 Å². The van der Waals surface area contributed by atoms with Gasteiger partial charge in [-0.2, -0.15) is 0 Å². The number of nitrogens with two attached hydrogens (primary N) is 1. The average Bonchev–Trinajstić information content (AvgIpc) is 2.24. The molecule has 0 saturated carbocycles. The van der Waals surface area contributed by atoms with Gasteiger partial charge >= 0.3 is 6.09 Å². The first-order chi connectivity index (χ1) is 8.65. The molecule has 1 fully saturated rings. The van der Waals surface area contributed by atoms with Gasteiger partial charge in [-0.3, -0.25) is 0 Å². The summed E-state index contributed by atoms with van der Waals surface area (Å²) in [7, 11) is 0. The number of carbonyl (C=O) groups is 1. The summed E-state index contributed by atoms with van der Waals surface area (Å²) in [6.45, 7) is 5.34. The summed E-state index contributed by atoms with van der Waals surface area (Å²) in [5.41, 5.74) is 4.69. The first-order valence-electron chi connectivity index (χ1n) is 6.71. The lowest BCUT2D eigenvalue weighted by Crippen LogP contribution is -2.51. The zero-order chi connectivity index (χ0) is 14.7. The van der Waals surface area contributed by atoms with Gasteiger partial charge in [0.1, 0.15) is 5.60 Å². The third-order valence-corrected chi connectivity index (χ3v) is 3.15. The molecule has 1 saturated heterocycles. The van der Waals surface area contributed by atoms with Gasteiger partial charge < -0.3 is 15.4 Å². The van der Waals surface area contributed by atoms with E-state index in [0.29, 0.717) is 32.4 Å². The van der Waals surface area contributed by atoms with Crippen molar-refractivity contribution in [2.75, 3.05) is 19.6 Å². The Labute approximate surface area is 113 Å². The van der Waals surface area contributed by atoms with Crippen molar-refractivity contribution in [3.8, 4) is 0 Å². The summed E-state index contributed by atoms with van der Waals surface area (Å²) in [5, 5.41) is 0. The van der Waals surface area contributed by atoms with Crippen molar-refractivity contribution in [2.24, 2.45) is 11.7 Å². The van der Waals surface area contributed by atoms with E-state index in [0.717, 1.165) is 4.90 Å². The van der Waals surface area contributed by atoms with Gasteiger partial charge in [-0.25, -0.2) is 13.6 Å². The molecule has 1 aliphatic heterocycles. The van der Waals surface area contributed by atoms with Crippen molar-refractivity contribution in [3.63, 3.8) is 0 Å². The molecular formula is C13H24F2N2O2. The lowest BCUT2D eigenvalue weighted by molar-refractivity contribution is -0.112. The van der Waals surface area contributed by atoms with Gasteiger partial charge in [-0.15, -0.1) is 0 Å². The minimum absolute atomic E-state index is 0.298. The highest BCUT2D eigenvalue weighted by atomic mass is 19.3. The number of carbonyl (C=O) groups excluding carboxylic acids is 1. The Balaban J connectivity index is 2.57. The number of ether oxygens (including phenoxy) is 1. The number of likely N-dealkylation sites (tertiary alicyclic amines) is 1. The van der Waals surface area contributed by atoms with E-state index in [1.165, 1.54) is 0 Å². The Bertz CT molecular complexity index is 316. The molecule has 0 aromatic rings. The summed E-state index contributed by atoms with van der Waals surface area (Å²) in [5.74, 6) is -3.54. The predicted molar refractivity (Wildman–Crippen MR) is 69.1 cm³/mol. The number of alkyl halides is 2. The lowest BCUT2D eigenvalue weighted by Gasteiger charge is -2.38. The molecule has 2 N–H and O–H groups in total. The molecule has 1 amide bonds. The smallest absolute Gasteiger partial charge is 0.410 e. The highest BCUT2D eigenvalue weighted by Crippen LogP contribution is 2.36. The zero-order valence-electron chi connectivity index (χ0n) is 11.9. The number of piperidine rings is 1. The molecule has 112 valence electrons. The van der Waals surface area contributed by atoms with Crippen LogP contribution in [0.5, 0.6) is 0 Å². The largest absolute Gasteiger partial charge is 0.444 e. The minimum atomic E-state index is -2.86. The molecule has 4 nitrogen and oxygen atoms in total. The fourth-order valence-corrected chi connectivity index (χ4v) is 2.19. The van der Waals surface area contributed by atoms with Crippen LogP contribution in [0.3, 0.4) is 0 Å². The molecule has 0 aliphatic carbocycles. The fourth-order valence-electron chi connectivity index (χ4n) is 2.19. The predicted octanol–water partition coefficient (Wildman–Crippen LogP) is 2.62. The van der Waals surface area contributed by atoms with Crippen LogP contribution in [0.15, 0.2) is 0 Å². The summed E-state index contributed by atoms with van der Waals surface area (Å²) in [6.07, 6.45) is 0.634. The highest BCUT2D eigenvalue weighted by Gasteiger charge is 2.45. The van der Waals surface area contributed by atoms with Gasteiger partial charge in [-0.05, 0) is 46.6 Å². The summed E-state index contributed by atoms with van der Waals surface area (Å²) < 4.78 is 33.0. The normalized spacial score (nSPS) is 23.3. The Morgan fingerprint density at radius 1 is 1.47 bits per heavy atom. The molecule has 6 heteroatoms. The molecule has 19 heavy (non-hydrogen) atoms. The number of hydrogen-bond donors (Lipinski definition) is 1. The minimum Gasteiger partial charge on any atom is -0.444 e. The topological polar surface area (TPSA) is 55.6 Å². The zero-order valence-corrected chi connectivity index (χ0v) is 11.9. The Morgan fingerprint density at radius 3 is 2.58 bits per heavy atom. The second kappa shape index (κ2) is 6.03. The average molecular weight is 278 g/mol. The van der Waals surface area contributed by atoms with Crippen molar-refractivity contribution < 1.29 is 18.3 Å². The van der Waals surface area contributed by atoms with Crippen LogP contribution in [0.25, 0.3) is 0 Å². The molecule has 1 atom stereocenters. The summed E-state index contributed by atoms with van der Waals surface area (Å²) in [6, 6.07) is 0. The Hall–Kier alpha value is -0.910. The van der Waals surface area contributed by atoms with Gasteiger partial charge in [0.25, 0.3) is 5.92 Å². The van der Waals surface area contributed by atoms with Gasteiger partial charge in [0.15, 0.2) is 0 Å². The van der Waals surface area contributed by atoms with Crippen LogP contribution in [-0.4, -0.2) is 42.2 Å². The number of amides is 1. The van der Waals surface area contributed by atoms with E-state index in [-0.39, 0.29) is 0 Å². The van der Waals surface area contributed by atoms with E-state index in [1.54, 1.807) is 20.8 Å². The summed E-state index contributed by atoms with van der Waals surface area (Å²) in [4.78, 5) is 12.9. The van der Waals surface area contributed by atoms with E-state index in [1.807, 2.05) is 0 Å². The van der Waals surface area contributed by atoms with Crippen LogP contribution in [0, 0.1) is 5.92 Å². The van der Waals surface area contributed by atoms with Crippen molar-refractivity contribution in [3.05, 3.63) is 0 Å². The highest BCUT2D eigenvalue weighted by molar-refractivity contribution is 5.68. The quantitative estimate of drug-likeness (QED) is 0.863. The summed E-state index contributed by atoms with van der Waals surface area (Å²) >= 11 is 0. The number of rotatable bonds is 3. The van der Waals surface area contributed by atoms with Crippen molar-refractivity contribution in [1.29, 1.82) is 0 Å². The van der Waals surface area contributed by atoms with Crippen LogP contribution in [-0.2, 0) is 4.74 Å². The SMILES string of the molecule is CC(C)(C)OC(=O)N1CCC(CCCN)C(F)(F)C1. The number of hydrogen-bond acceptors (Lipinski definition) is 3. The van der Waals surface area contributed by atoms with Crippen LogP contribution >= 0.6 is 0 Å². The Morgan fingerprint density at radius 2 is 2.11 bits per heavy atom. The maximum atomic E-state index is 13.9. The van der Waals surface area contributed by atoms with Crippen molar-refractivity contribution in [2.45, 2.75) is 51.6 Å². The van der Waals surface area contributed by atoms with E-state index in [9.17, 15) is 13.6 Å². The standard InChI is InChI=1S/C13H24F2N2O2/c1-12(2,3)19-11(18)17-8-6-10(5-4-7-16)13(14,15)9-17/h10H,4-9,16H2,1-3H3. The van der Waals surface area contributed by atoms with E-state index in [4.69, 9.17) is 10.5 Å². The second-order valence-electron chi connectivity index (χ2n) is 6.08. The molecule has 0 spiro atoms. The molecule has 1 aliphatic rings. The molecule has 0 bridgehead atoms. The molecule has 0 radical (unpaired) electrons. The monoisotopic (exact) mass is 278 g/mol. The maximum Gasteiger partial charge on any atom is 0.410 e. The van der Waals surface area contributed by atoms with Crippen molar-refractivity contribution in [1.82, 2.24) is 4.90 Å². The van der Waals surface area contributed by atoms with Crippen LogP contribution < -0.4 is 5.73 Å². The molecular weight excluding hydrogens is 254 g/mol. The van der Waals surface area contributed by atoms with Gasteiger partial charge in [0.2, 0.25) is 0 Å². The second-order valence-corrected chi connectivity index (χ2v) is 6.08. The van der Waals surface area contributed by atoms with Crippen LogP contribution in [0.4, 0.5) is 13.6 Å². The van der Waals surface area contributed by atoms with E-state index >= 15 is 0 Å². The lowest BCUT2D eigenvalue weighted by atomic mass is 9.89. The molecule has 1 unspecified atom stereocenters. The maximum absolute atomic E-state index is 13.9. The first-order valence-corrected chi connectivity index (χ1v) is 6.71. The fraction of sp³-hybridized carbons (Fsp3) is 0.923. The van der Waals surface area contributed by atoms with Gasteiger partial charge in [-0.1, -0.05) is 0 Å². The number of halogens is 2. The Kier molecular flexibility index (Phi) is 5.12. The third-order valence-electron chi connectivity index (χ3n) is 3.15. The van der Waals surface area contributed by atoms with Gasteiger partial charge in [0.05, 0.1) is 6.54 Å². The molecule has 1 rings (SSSR count). The first kappa shape index (κ1) is 16.1. The van der Waals surface area contributed by atoms with Crippen molar-refractivity contribution >= 4 is 6.09 Å². The van der Waals surface area contributed by atoms with Crippen LogP contribution in [0.1, 0.15) is 40.0 Å². The number of nitrogens with zero attached hydrogens (tertiary/aromatic N) is 1. The molecule has 1 heterocycles.